The van der Waals surface area contributed by atoms with Crippen molar-refractivity contribution in [1.29, 1.82) is 0 Å². The van der Waals surface area contributed by atoms with Gasteiger partial charge in [0.25, 0.3) is 0 Å². The zero-order valence-electron chi connectivity index (χ0n) is 7.75. The minimum absolute atomic E-state index is 0.528. The summed E-state index contributed by atoms with van der Waals surface area (Å²) in [6.45, 7) is 1.11. The second-order valence-electron chi connectivity index (χ2n) is 3.78. The van der Waals surface area contributed by atoms with Crippen molar-refractivity contribution in [3.63, 3.8) is 0 Å². The Balaban J connectivity index is 1.99. The van der Waals surface area contributed by atoms with Gasteiger partial charge in [-0.15, -0.1) is 11.6 Å². The summed E-state index contributed by atoms with van der Waals surface area (Å²) in [6, 6.07) is 0. The van der Waals surface area contributed by atoms with Crippen molar-refractivity contribution in [2.75, 3.05) is 0 Å². The van der Waals surface area contributed by atoms with Crippen LogP contribution in [0.4, 0.5) is 0 Å². The topological polar surface area (TPSA) is 17.8 Å². The lowest BCUT2D eigenvalue weighted by molar-refractivity contribution is 0.450. The first-order valence-electron chi connectivity index (χ1n) is 4.96. The zero-order chi connectivity index (χ0) is 9.10. The van der Waals surface area contributed by atoms with Gasteiger partial charge in [-0.2, -0.15) is 0 Å². The Hall–Kier alpha value is -0.500. The second-order valence-corrected chi connectivity index (χ2v) is 4.05. The third-order valence-corrected chi connectivity index (χ3v) is 3.09. The summed E-state index contributed by atoms with van der Waals surface area (Å²) in [5, 5.41) is 0. The standard InChI is InChI=1S/C10H15ClN2/c11-7-10-12-5-6-13(10)8-9-3-1-2-4-9/h5-6,9H,1-4,7-8H2. The van der Waals surface area contributed by atoms with Gasteiger partial charge in [-0.1, -0.05) is 12.8 Å². The van der Waals surface area contributed by atoms with Gasteiger partial charge < -0.3 is 4.57 Å². The summed E-state index contributed by atoms with van der Waals surface area (Å²) < 4.78 is 2.20. The molecule has 0 aromatic carbocycles. The van der Waals surface area contributed by atoms with Crippen LogP contribution >= 0.6 is 11.6 Å². The fraction of sp³-hybridized carbons (Fsp3) is 0.700. The van der Waals surface area contributed by atoms with Gasteiger partial charge >= 0.3 is 0 Å². The molecule has 1 aliphatic carbocycles. The van der Waals surface area contributed by atoms with Gasteiger partial charge in [0.05, 0.1) is 5.88 Å². The number of hydrogen-bond donors (Lipinski definition) is 0. The van der Waals surface area contributed by atoms with Crippen LogP contribution in [0.15, 0.2) is 12.4 Å². The Kier molecular flexibility index (Phi) is 2.89. The molecule has 1 saturated carbocycles. The molecule has 13 heavy (non-hydrogen) atoms. The molecule has 3 heteroatoms. The fourth-order valence-electron chi connectivity index (χ4n) is 2.11. The molecule has 1 heterocycles. The van der Waals surface area contributed by atoms with Crippen molar-refractivity contribution < 1.29 is 0 Å². The molecule has 0 unspecified atom stereocenters. The van der Waals surface area contributed by atoms with Crippen LogP contribution in [0.1, 0.15) is 31.5 Å². The number of hydrogen-bond acceptors (Lipinski definition) is 1. The van der Waals surface area contributed by atoms with Crippen LogP contribution in [0, 0.1) is 5.92 Å². The van der Waals surface area contributed by atoms with Gasteiger partial charge in [-0.3, -0.25) is 0 Å². The highest BCUT2D eigenvalue weighted by Gasteiger charge is 2.16. The second kappa shape index (κ2) is 4.14. The first-order valence-corrected chi connectivity index (χ1v) is 5.49. The highest BCUT2D eigenvalue weighted by molar-refractivity contribution is 6.16. The zero-order valence-corrected chi connectivity index (χ0v) is 8.50. The largest absolute Gasteiger partial charge is 0.334 e. The molecule has 1 aromatic rings. The molecule has 0 saturated heterocycles. The number of imidazole rings is 1. The lowest BCUT2D eigenvalue weighted by atomic mass is 10.1. The van der Waals surface area contributed by atoms with Crippen LogP contribution < -0.4 is 0 Å². The highest BCUT2D eigenvalue weighted by atomic mass is 35.5. The highest BCUT2D eigenvalue weighted by Crippen LogP contribution is 2.26. The minimum Gasteiger partial charge on any atom is -0.334 e. The summed E-state index contributed by atoms with van der Waals surface area (Å²) in [7, 11) is 0. The van der Waals surface area contributed by atoms with E-state index in [-0.39, 0.29) is 0 Å². The molecule has 72 valence electrons. The van der Waals surface area contributed by atoms with Crippen molar-refractivity contribution in [2.24, 2.45) is 5.92 Å². The average Bonchev–Trinajstić information content (AvgIpc) is 2.76. The Morgan fingerprint density at radius 2 is 2.23 bits per heavy atom. The predicted molar refractivity (Wildman–Crippen MR) is 53.7 cm³/mol. The Bertz CT molecular complexity index is 264. The number of halogens is 1. The molecule has 1 fully saturated rings. The van der Waals surface area contributed by atoms with E-state index in [1.165, 1.54) is 25.7 Å². The molecule has 2 rings (SSSR count). The van der Waals surface area contributed by atoms with Gasteiger partial charge in [0, 0.05) is 18.9 Å². The monoisotopic (exact) mass is 198 g/mol. The van der Waals surface area contributed by atoms with E-state index in [1.54, 1.807) is 0 Å². The van der Waals surface area contributed by atoms with Gasteiger partial charge in [-0.25, -0.2) is 4.98 Å². The molecule has 1 aromatic heterocycles. The van der Waals surface area contributed by atoms with E-state index in [0.717, 1.165) is 18.3 Å². The fourth-order valence-corrected chi connectivity index (χ4v) is 2.33. The first kappa shape index (κ1) is 9.07. The van der Waals surface area contributed by atoms with Crippen LogP contribution in [-0.2, 0) is 12.4 Å². The summed E-state index contributed by atoms with van der Waals surface area (Å²) in [5.74, 6) is 2.39. The van der Waals surface area contributed by atoms with Crippen LogP contribution in [0.25, 0.3) is 0 Å². The van der Waals surface area contributed by atoms with E-state index in [9.17, 15) is 0 Å². The molecular formula is C10H15ClN2. The molecule has 0 spiro atoms. The van der Waals surface area contributed by atoms with Crippen molar-refractivity contribution in [3.8, 4) is 0 Å². The molecule has 0 atom stereocenters. The maximum absolute atomic E-state index is 5.78. The van der Waals surface area contributed by atoms with E-state index in [0.29, 0.717) is 5.88 Å². The summed E-state index contributed by atoms with van der Waals surface area (Å²) in [4.78, 5) is 4.21. The van der Waals surface area contributed by atoms with Crippen molar-refractivity contribution in [2.45, 2.75) is 38.1 Å². The third kappa shape index (κ3) is 2.05. The number of alkyl halides is 1. The lowest BCUT2D eigenvalue weighted by Gasteiger charge is -2.11. The van der Waals surface area contributed by atoms with Crippen molar-refractivity contribution >= 4 is 11.6 Å². The van der Waals surface area contributed by atoms with Gasteiger partial charge in [0.2, 0.25) is 0 Å². The van der Waals surface area contributed by atoms with Gasteiger partial charge in [0.15, 0.2) is 0 Å². The maximum Gasteiger partial charge on any atom is 0.123 e. The molecule has 0 bridgehead atoms. The van der Waals surface area contributed by atoms with Crippen molar-refractivity contribution in [1.82, 2.24) is 9.55 Å². The lowest BCUT2D eigenvalue weighted by Crippen LogP contribution is -2.08. The maximum atomic E-state index is 5.78. The molecule has 1 aliphatic rings. The van der Waals surface area contributed by atoms with E-state index < -0.39 is 0 Å². The molecule has 0 aliphatic heterocycles. The van der Waals surface area contributed by atoms with E-state index >= 15 is 0 Å². The summed E-state index contributed by atoms with van der Waals surface area (Å²) in [6.07, 6.45) is 9.42. The molecule has 2 nitrogen and oxygen atoms in total. The molecule has 0 N–H and O–H groups in total. The first-order chi connectivity index (χ1) is 6.40. The molecule has 0 amide bonds. The van der Waals surface area contributed by atoms with Gasteiger partial charge in [-0.05, 0) is 18.8 Å². The predicted octanol–water partition coefficient (Wildman–Crippen LogP) is 2.81. The summed E-state index contributed by atoms with van der Waals surface area (Å²) >= 11 is 5.78. The van der Waals surface area contributed by atoms with E-state index in [2.05, 4.69) is 9.55 Å². The number of rotatable bonds is 3. The van der Waals surface area contributed by atoms with E-state index in [4.69, 9.17) is 11.6 Å². The summed E-state index contributed by atoms with van der Waals surface area (Å²) in [5.41, 5.74) is 0. The number of aromatic nitrogens is 2. The third-order valence-electron chi connectivity index (χ3n) is 2.85. The van der Waals surface area contributed by atoms with Crippen LogP contribution in [-0.4, -0.2) is 9.55 Å². The molecule has 0 radical (unpaired) electrons. The van der Waals surface area contributed by atoms with Crippen LogP contribution in [0.5, 0.6) is 0 Å². The SMILES string of the molecule is ClCc1nccn1CC1CCCC1. The normalized spacial score (nSPS) is 18.2. The minimum atomic E-state index is 0.528. The Morgan fingerprint density at radius 1 is 1.46 bits per heavy atom. The Morgan fingerprint density at radius 3 is 2.92 bits per heavy atom. The van der Waals surface area contributed by atoms with Crippen molar-refractivity contribution in [3.05, 3.63) is 18.2 Å². The number of nitrogens with zero attached hydrogens (tertiary/aromatic N) is 2. The quantitative estimate of drug-likeness (QED) is 0.683. The smallest absolute Gasteiger partial charge is 0.123 e. The average molecular weight is 199 g/mol. The van der Waals surface area contributed by atoms with E-state index in [1.807, 2.05) is 12.4 Å². The Labute approximate surface area is 83.9 Å². The molecular weight excluding hydrogens is 184 g/mol. The van der Waals surface area contributed by atoms with Crippen LogP contribution in [0.3, 0.4) is 0 Å². The van der Waals surface area contributed by atoms with Crippen LogP contribution in [0.2, 0.25) is 0 Å². The van der Waals surface area contributed by atoms with Gasteiger partial charge in [0.1, 0.15) is 5.82 Å².